The van der Waals surface area contributed by atoms with Crippen molar-refractivity contribution >= 4 is 28.7 Å². The number of aromatic nitrogens is 4. The number of imidazole rings is 2. The fraction of sp³-hybridized carbons (Fsp3) is 0.0333. The lowest BCUT2D eigenvalue weighted by Gasteiger charge is -2.07. The number of ketones is 1. The van der Waals surface area contributed by atoms with Gasteiger partial charge in [0, 0.05) is 35.0 Å². The lowest BCUT2D eigenvalue weighted by Crippen LogP contribution is -2.02. The molecule has 0 radical (unpaired) electrons. The summed E-state index contributed by atoms with van der Waals surface area (Å²) in [5, 5.41) is 19.3. The molecule has 37 heavy (non-hydrogen) atoms. The van der Waals surface area contributed by atoms with Gasteiger partial charge in [-0.25, -0.2) is 9.97 Å². The molecule has 0 fully saturated rings. The SMILES string of the molecule is Cn1c(-c2ccccc2)nc2c1nc(/C=C1\C(=O)c3ccccc3C1=C(C#N)C#N)n2-c1ccccc1. The maximum absolute atomic E-state index is 13.5. The lowest BCUT2D eigenvalue weighted by molar-refractivity contribution is 0.104. The number of para-hydroxylation sites is 1. The molecule has 0 N–H and O–H groups in total. The van der Waals surface area contributed by atoms with Gasteiger partial charge in [0.05, 0.1) is 0 Å². The van der Waals surface area contributed by atoms with Crippen molar-refractivity contribution in [3.8, 4) is 29.2 Å². The Hall–Kier alpha value is -5.53. The predicted molar refractivity (Wildman–Crippen MR) is 140 cm³/mol. The average Bonchev–Trinajstić information content (AvgIpc) is 3.55. The van der Waals surface area contributed by atoms with E-state index in [2.05, 4.69) is 0 Å². The summed E-state index contributed by atoms with van der Waals surface area (Å²) in [7, 11) is 1.91. The minimum absolute atomic E-state index is 0.114. The van der Waals surface area contributed by atoms with Crippen LogP contribution in [0.25, 0.3) is 40.0 Å². The number of rotatable bonds is 3. The van der Waals surface area contributed by atoms with Crippen molar-refractivity contribution in [2.75, 3.05) is 0 Å². The second kappa shape index (κ2) is 8.60. The molecular weight excluding hydrogens is 460 g/mol. The minimum atomic E-state index is -0.252. The van der Waals surface area contributed by atoms with Crippen LogP contribution in [0.2, 0.25) is 0 Å². The Morgan fingerprint density at radius 2 is 1.43 bits per heavy atom. The average molecular weight is 479 g/mol. The molecule has 7 nitrogen and oxygen atoms in total. The van der Waals surface area contributed by atoms with Crippen molar-refractivity contribution in [2.24, 2.45) is 7.05 Å². The van der Waals surface area contributed by atoms with Gasteiger partial charge in [0.1, 0.15) is 29.4 Å². The van der Waals surface area contributed by atoms with Crippen molar-refractivity contribution in [2.45, 2.75) is 0 Å². The molecule has 0 amide bonds. The van der Waals surface area contributed by atoms with Crippen LogP contribution in [0.15, 0.2) is 96.1 Å². The first kappa shape index (κ1) is 22.0. The van der Waals surface area contributed by atoms with Crippen molar-refractivity contribution in [3.05, 3.63) is 113 Å². The van der Waals surface area contributed by atoms with E-state index in [0.29, 0.717) is 33.8 Å². The first-order chi connectivity index (χ1) is 18.1. The van der Waals surface area contributed by atoms with Crippen LogP contribution in [-0.2, 0) is 7.05 Å². The third-order valence-electron chi connectivity index (χ3n) is 6.46. The summed E-state index contributed by atoms with van der Waals surface area (Å²) in [4.78, 5) is 23.3. The second-order valence-corrected chi connectivity index (χ2v) is 8.55. The monoisotopic (exact) mass is 478 g/mol. The van der Waals surface area contributed by atoms with Crippen LogP contribution in [-0.4, -0.2) is 24.9 Å². The predicted octanol–water partition coefficient (Wildman–Crippen LogP) is 5.51. The molecule has 0 spiro atoms. The number of Topliss-reactive ketones (excluding diaryl/α,β-unsaturated/α-hetero) is 1. The van der Waals surface area contributed by atoms with Gasteiger partial charge in [0.2, 0.25) is 0 Å². The Bertz CT molecular complexity index is 1840. The molecule has 1 aliphatic rings. The zero-order valence-corrected chi connectivity index (χ0v) is 19.8. The van der Waals surface area contributed by atoms with Crippen molar-refractivity contribution in [1.82, 2.24) is 19.1 Å². The van der Waals surface area contributed by atoms with Gasteiger partial charge in [-0.2, -0.15) is 10.5 Å². The third kappa shape index (κ3) is 3.38. The number of carbonyl (C=O) groups excluding carboxylic acids is 1. The van der Waals surface area contributed by atoms with Crippen LogP contribution < -0.4 is 0 Å². The number of aryl methyl sites for hydroxylation is 1. The number of nitriles is 2. The Morgan fingerprint density at radius 3 is 2.11 bits per heavy atom. The van der Waals surface area contributed by atoms with E-state index >= 15 is 0 Å². The van der Waals surface area contributed by atoms with E-state index in [0.717, 1.165) is 17.1 Å². The molecule has 5 aromatic rings. The van der Waals surface area contributed by atoms with E-state index in [4.69, 9.17) is 9.97 Å². The number of carbonyl (C=O) groups is 1. The molecule has 0 saturated heterocycles. The molecule has 1 aliphatic carbocycles. The molecule has 7 heteroatoms. The van der Waals surface area contributed by atoms with Crippen LogP contribution in [0.5, 0.6) is 0 Å². The fourth-order valence-corrected chi connectivity index (χ4v) is 4.77. The molecule has 0 atom stereocenters. The van der Waals surface area contributed by atoms with Gasteiger partial charge in [-0.05, 0) is 23.8 Å². The second-order valence-electron chi connectivity index (χ2n) is 8.55. The molecule has 2 heterocycles. The highest BCUT2D eigenvalue weighted by molar-refractivity contribution is 6.29. The highest BCUT2D eigenvalue weighted by Gasteiger charge is 2.33. The van der Waals surface area contributed by atoms with Gasteiger partial charge < -0.3 is 4.57 Å². The fourth-order valence-electron chi connectivity index (χ4n) is 4.77. The molecular formula is C30H18N6O. The van der Waals surface area contributed by atoms with Crippen LogP contribution in [0.1, 0.15) is 21.7 Å². The summed E-state index contributed by atoms with van der Waals surface area (Å²) in [6, 6.07) is 30.4. The Balaban J connectivity index is 1.64. The highest BCUT2D eigenvalue weighted by Crippen LogP contribution is 2.40. The molecule has 174 valence electrons. The van der Waals surface area contributed by atoms with E-state index in [1.807, 2.05) is 89.0 Å². The van der Waals surface area contributed by atoms with Crippen LogP contribution in [0.3, 0.4) is 0 Å². The van der Waals surface area contributed by atoms with Crippen molar-refractivity contribution < 1.29 is 4.79 Å². The van der Waals surface area contributed by atoms with Gasteiger partial charge in [-0.15, -0.1) is 0 Å². The number of allylic oxidation sites excluding steroid dienone is 3. The Morgan fingerprint density at radius 1 is 0.811 bits per heavy atom. The number of fused-ring (bicyclic) bond motifs is 2. The van der Waals surface area contributed by atoms with Crippen LogP contribution >= 0.6 is 0 Å². The van der Waals surface area contributed by atoms with Gasteiger partial charge in [-0.3, -0.25) is 9.36 Å². The van der Waals surface area contributed by atoms with Gasteiger partial charge >= 0.3 is 0 Å². The molecule has 2 aromatic heterocycles. The summed E-state index contributed by atoms with van der Waals surface area (Å²) >= 11 is 0. The van der Waals surface area contributed by atoms with Gasteiger partial charge in [-0.1, -0.05) is 72.8 Å². The summed E-state index contributed by atoms with van der Waals surface area (Å²) in [5.41, 5.74) is 4.56. The van der Waals surface area contributed by atoms with E-state index in [9.17, 15) is 15.3 Å². The summed E-state index contributed by atoms with van der Waals surface area (Å²) in [6.07, 6.45) is 1.66. The van der Waals surface area contributed by atoms with E-state index < -0.39 is 0 Å². The molecule has 0 aliphatic heterocycles. The maximum atomic E-state index is 13.5. The van der Waals surface area contributed by atoms with Crippen LogP contribution in [0.4, 0.5) is 0 Å². The first-order valence-electron chi connectivity index (χ1n) is 11.6. The number of hydrogen-bond acceptors (Lipinski definition) is 5. The third-order valence-corrected chi connectivity index (χ3v) is 6.46. The Kier molecular flexibility index (Phi) is 5.11. The standard InChI is InChI=1S/C30H18N6O/c1-35-28(19-10-4-2-5-11-19)34-30-29(35)33-25(36(30)21-12-6-3-7-13-21)16-24-26(20(17-31)18-32)22-14-8-9-15-23(22)27(24)37/h2-16H,1H3/b24-16-. The summed E-state index contributed by atoms with van der Waals surface area (Å²) in [5.74, 6) is 0.990. The number of hydrogen-bond donors (Lipinski definition) is 0. The lowest BCUT2D eigenvalue weighted by atomic mass is 9.99. The molecule has 3 aromatic carbocycles. The Labute approximate surface area is 212 Å². The summed E-state index contributed by atoms with van der Waals surface area (Å²) in [6.45, 7) is 0. The van der Waals surface area contributed by atoms with Gasteiger partial charge in [0.15, 0.2) is 17.1 Å². The van der Waals surface area contributed by atoms with Gasteiger partial charge in [0.25, 0.3) is 0 Å². The molecule has 0 saturated carbocycles. The number of benzene rings is 3. The molecule has 0 unspecified atom stereocenters. The largest absolute Gasteiger partial charge is 0.310 e. The number of nitrogens with zero attached hydrogens (tertiary/aromatic N) is 6. The normalized spacial score (nSPS) is 13.5. The van der Waals surface area contributed by atoms with E-state index in [1.165, 1.54) is 0 Å². The molecule has 0 bridgehead atoms. The van der Waals surface area contributed by atoms with E-state index in [1.54, 1.807) is 30.3 Å². The quantitative estimate of drug-likeness (QED) is 0.252. The smallest absolute Gasteiger partial charge is 0.194 e. The summed E-state index contributed by atoms with van der Waals surface area (Å²) < 4.78 is 3.81. The highest BCUT2D eigenvalue weighted by atomic mass is 16.1. The minimum Gasteiger partial charge on any atom is -0.310 e. The van der Waals surface area contributed by atoms with E-state index in [-0.39, 0.29) is 16.9 Å². The first-order valence-corrected chi connectivity index (χ1v) is 11.6. The maximum Gasteiger partial charge on any atom is 0.194 e. The van der Waals surface area contributed by atoms with Crippen molar-refractivity contribution in [3.63, 3.8) is 0 Å². The zero-order chi connectivity index (χ0) is 25.5. The molecule has 6 rings (SSSR count). The zero-order valence-electron chi connectivity index (χ0n) is 19.8. The topological polar surface area (TPSA) is 100 Å². The van der Waals surface area contributed by atoms with Crippen LogP contribution in [0, 0.1) is 22.7 Å². The van der Waals surface area contributed by atoms with Crippen molar-refractivity contribution in [1.29, 1.82) is 10.5 Å².